The number of primary amides is 1. The van der Waals surface area contributed by atoms with Gasteiger partial charge in [0.1, 0.15) is 0 Å². The number of aromatic hydroxyl groups is 1. The van der Waals surface area contributed by atoms with E-state index in [9.17, 15) is 9.90 Å². The maximum Gasteiger partial charge on any atom is 0.248 e. The third-order valence-corrected chi connectivity index (χ3v) is 3.21. The van der Waals surface area contributed by atoms with Gasteiger partial charge >= 0.3 is 0 Å². The van der Waals surface area contributed by atoms with Crippen LogP contribution in [-0.4, -0.2) is 18.1 Å². The summed E-state index contributed by atoms with van der Waals surface area (Å²) in [6.07, 6.45) is 1.44. The van der Waals surface area contributed by atoms with E-state index in [2.05, 4.69) is 0 Å². The summed E-state index contributed by atoms with van der Waals surface area (Å²) in [6, 6.07) is 12.6. The highest BCUT2D eigenvalue weighted by Gasteiger charge is 2.08. The lowest BCUT2D eigenvalue weighted by Gasteiger charge is -2.08. The fourth-order valence-corrected chi connectivity index (χ4v) is 2.14. The van der Waals surface area contributed by atoms with E-state index in [1.165, 1.54) is 7.11 Å². The zero-order valence-electron chi connectivity index (χ0n) is 11.3. The van der Waals surface area contributed by atoms with Crippen LogP contribution in [0.2, 0.25) is 0 Å². The van der Waals surface area contributed by atoms with E-state index in [-0.39, 0.29) is 5.75 Å². The van der Waals surface area contributed by atoms with Crippen LogP contribution in [0.4, 0.5) is 0 Å². The minimum absolute atomic E-state index is 0.119. The van der Waals surface area contributed by atoms with Crippen LogP contribution in [-0.2, 0) is 12.8 Å². The van der Waals surface area contributed by atoms with Crippen LogP contribution in [0, 0.1) is 0 Å². The van der Waals surface area contributed by atoms with Crippen LogP contribution in [0.25, 0.3) is 0 Å². The standard InChI is InChI=1S/C16H17NO3/c1-20-15-10-11(7-9-14(15)18)6-8-12-4-2-3-5-13(12)16(17)19/h2-5,7,9-10,18H,6,8H2,1H3,(H2,17,19). The molecule has 104 valence electrons. The Bertz CT molecular complexity index is 623. The van der Waals surface area contributed by atoms with Gasteiger partial charge in [0.05, 0.1) is 7.11 Å². The lowest BCUT2D eigenvalue weighted by molar-refractivity contribution is 0.0999. The third kappa shape index (κ3) is 3.09. The first-order valence-corrected chi connectivity index (χ1v) is 6.35. The number of hydrogen-bond donors (Lipinski definition) is 2. The van der Waals surface area contributed by atoms with Gasteiger partial charge < -0.3 is 15.6 Å². The summed E-state index contributed by atoms with van der Waals surface area (Å²) in [7, 11) is 1.52. The second-order valence-corrected chi connectivity index (χ2v) is 4.53. The van der Waals surface area contributed by atoms with Gasteiger partial charge in [0.25, 0.3) is 0 Å². The Labute approximate surface area is 117 Å². The van der Waals surface area contributed by atoms with Gasteiger partial charge in [0, 0.05) is 5.56 Å². The summed E-state index contributed by atoms with van der Waals surface area (Å²) >= 11 is 0. The Hall–Kier alpha value is -2.49. The molecule has 2 rings (SSSR count). The molecule has 0 saturated heterocycles. The number of phenols is 1. The average molecular weight is 271 g/mol. The predicted molar refractivity (Wildman–Crippen MR) is 77.0 cm³/mol. The van der Waals surface area contributed by atoms with Crippen LogP contribution >= 0.6 is 0 Å². The monoisotopic (exact) mass is 271 g/mol. The molecule has 4 heteroatoms. The molecule has 2 aromatic carbocycles. The molecular weight excluding hydrogens is 254 g/mol. The Morgan fingerprint density at radius 2 is 1.95 bits per heavy atom. The van der Waals surface area contributed by atoms with Crippen molar-refractivity contribution in [3.63, 3.8) is 0 Å². The molecule has 0 aliphatic carbocycles. The molecule has 2 aromatic rings. The van der Waals surface area contributed by atoms with Crippen molar-refractivity contribution < 1.29 is 14.6 Å². The molecule has 0 saturated carbocycles. The van der Waals surface area contributed by atoms with E-state index in [4.69, 9.17) is 10.5 Å². The maximum atomic E-state index is 11.3. The zero-order valence-corrected chi connectivity index (χ0v) is 11.3. The SMILES string of the molecule is COc1cc(CCc2ccccc2C(N)=O)ccc1O. The van der Waals surface area contributed by atoms with Gasteiger partial charge in [-0.25, -0.2) is 0 Å². The number of rotatable bonds is 5. The first kappa shape index (κ1) is 13.9. The molecular formula is C16H17NO3. The lowest BCUT2D eigenvalue weighted by Crippen LogP contribution is -2.13. The number of ether oxygens (including phenoxy) is 1. The predicted octanol–water partition coefficient (Wildman–Crippen LogP) is 2.28. The van der Waals surface area contributed by atoms with Crippen LogP contribution in [0.5, 0.6) is 11.5 Å². The minimum Gasteiger partial charge on any atom is -0.504 e. The Balaban J connectivity index is 2.15. The Morgan fingerprint density at radius 1 is 1.20 bits per heavy atom. The molecule has 0 atom stereocenters. The van der Waals surface area contributed by atoms with Crippen molar-refractivity contribution in [3.8, 4) is 11.5 Å². The number of phenolic OH excluding ortho intramolecular Hbond substituents is 1. The van der Waals surface area contributed by atoms with Crippen molar-refractivity contribution in [1.29, 1.82) is 0 Å². The van der Waals surface area contributed by atoms with Crippen LogP contribution in [0.3, 0.4) is 0 Å². The highest BCUT2D eigenvalue weighted by atomic mass is 16.5. The summed E-state index contributed by atoms with van der Waals surface area (Å²) in [5.41, 5.74) is 7.86. The fourth-order valence-electron chi connectivity index (χ4n) is 2.14. The highest BCUT2D eigenvalue weighted by Crippen LogP contribution is 2.27. The topological polar surface area (TPSA) is 72.5 Å². The molecule has 0 radical (unpaired) electrons. The molecule has 0 fully saturated rings. The van der Waals surface area contributed by atoms with Crippen molar-refractivity contribution in [2.24, 2.45) is 5.73 Å². The molecule has 0 aliphatic heterocycles. The summed E-state index contributed by atoms with van der Waals surface area (Å²) < 4.78 is 5.08. The number of hydrogen-bond acceptors (Lipinski definition) is 3. The van der Waals surface area contributed by atoms with Crippen molar-refractivity contribution in [1.82, 2.24) is 0 Å². The van der Waals surface area contributed by atoms with E-state index in [1.54, 1.807) is 24.3 Å². The normalized spacial score (nSPS) is 10.2. The maximum absolute atomic E-state index is 11.3. The summed E-state index contributed by atoms with van der Waals surface area (Å²) in [4.78, 5) is 11.3. The number of amides is 1. The average Bonchev–Trinajstić information content (AvgIpc) is 2.46. The number of nitrogens with two attached hydrogens (primary N) is 1. The lowest BCUT2D eigenvalue weighted by atomic mass is 9.99. The van der Waals surface area contributed by atoms with Gasteiger partial charge in [-0.2, -0.15) is 0 Å². The number of benzene rings is 2. The second-order valence-electron chi connectivity index (χ2n) is 4.53. The van der Waals surface area contributed by atoms with E-state index in [0.29, 0.717) is 17.7 Å². The van der Waals surface area contributed by atoms with Gasteiger partial charge in [-0.1, -0.05) is 24.3 Å². The Morgan fingerprint density at radius 3 is 2.65 bits per heavy atom. The van der Waals surface area contributed by atoms with Crippen molar-refractivity contribution in [2.45, 2.75) is 12.8 Å². The first-order chi connectivity index (χ1) is 9.61. The van der Waals surface area contributed by atoms with E-state index < -0.39 is 5.91 Å². The molecule has 1 amide bonds. The molecule has 0 spiro atoms. The van der Waals surface area contributed by atoms with Crippen LogP contribution < -0.4 is 10.5 Å². The molecule has 20 heavy (non-hydrogen) atoms. The van der Waals surface area contributed by atoms with E-state index in [1.807, 2.05) is 18.2 Å². The van der Waals surface area contributed by atoms with Gasteiger partial charge in [0.15, 0.2) is 11.5 Å². The van der Waals surface area contributed by atoms with Gasteiger partial charge in [0.2, 0.25) is 5.91 Å². The summed E-state index contributed by atoms with van der Waals surface area (Å²) in [5.74, 6) is 0.156. The van der Waals surface area contributed by atoms with Gasteiger partial charge in [-0.3, -0.25) is 4.79 Å². The number of methoxy groups -OCH3 is 1. The highest BCUT2D eigenvalue weighted by molar-refractivity contribution is 5.94. The van der Waals surface area contributed by atoms with Crippen molar-refractivity contribution in [3.05, 3.63) is 59.2 Å². The minimum atomic E-state index is -0.413. The largest absolute Gasteiger partial charge is 0.504 e. The Kier molecular flexibility index (Phi) is 4.25. The molecule has 0 aliphatic rings. The van der Waals surface area contributed by atoms with Crippen LogP contribution in [0.15, 0.2) is 42.5 Å². The summed E-state index contributed by atoms with van der Waals surface area (Å²) in [6.45, 7) is 0. The third-order valence-electron chi connectivity index (χ3n) is 3.21. The van der Waals surface area contributed by atoms with Crippen molar-refractivity contribution >= 4 is 5.91 Å². The van der Waals surface area contributed by atoms with Gasteiger partial charge in [-0.15, -0.1) is 0 Å². The zero-order chi connectivity index (χ0) is 14.5. The van der Waals surface area contributed by atoms with Crippen molar-refractivity contribution in [2.75, 3.05) is 7.11 Å². The number of carbonyl (C=O) groups excluding carboxylic acids is 1. The number of carbonyl (C=O) groups is 1. The quantitative estimate of drug-likeness (QED) is 0.876. The molecule has 0 aromatic heterocycles. The number of aryl methyl sites for hydroxylation is 2. The summed E-state index contributed by atoms with van der Waals surface area (Å²) in [5, 5.41) is 9.55. The molecule has 0 unspecified atom stereocenters. The molecule has 0 heterocycles. The van der Waals surface area contributed by atoms with E-state index in [0.717, 1.165) is 17.5 Å². The second kappa shape index (κ2) is 6.10. The van der Waals surface area contributed by atoms with Crippen LogP contribution in [0.1, 0.15) is 21.5 Å². The first-order valence-electron chi connectivity index (χ1n) is 6.35. The molecule has 4 nitrogen and oxygen atoms in total. The fraction of sp³-hybridized carbons (Fsp3) is 0.188. The molecule has 3 N–H and O–H groups in total. The van der Waals surface area contributed by atoms with Gasteiger partial charge in [-0.05, 0) is 42.2 Å². The molecule has 0 bridgehead atoms. The van der Waals surface area contributed by atoms with E-state index >= 15 is 0 Å². The smallest absolute Gasteiger partial charge is 0.248 e.